The first-order valence-electron chi connectivity index (χ1n) is 2.60. The quantitative estimate of drug-likeness (QED) is 0.291. The van der Waals surface area contributed by atoms with E-state index >= 15 is 0 Å². The van der Waals surface area contributed by atoms with Crippen LogP contribution in [0.15, 0.2) is 18.2 Å². The molecule has 3 radical (unpaired) electrons. The number of rotatable bonds is 0. The summed E-state index contributed by atoms with van der Waals surface area (Å²) in [6, 6.07) is 5.39. The van der Waals surface area contributed by atoms with Gasteiger partial charge in [0.25, 0.3) is 0 Å². The van der Waals surface area contributed by atoms with Crippen LogP contribution in [0.3, 0.4) is 0 Å². The van der Waals surface area contributed by atoms with E-state index in [1.54, 1.807) is 12.1 Å². The van der Waals surface area contributed by atoms with E-state index in [0.717, 1.165) is 16.5 Å². The average molecular weight is 135 g/mol. The molecule has 0 aliphatic heterocycles. The highest BCUT2D eigenvalue weighted by molar-refractivity contribution is 7.28. The highest BCUT2D eigenvalue weighted by atomic mass is 31.0. The third-order valence-corrected chi connectivity index (χ3v) is 1.61. The molecule has 0 aromatic heterocycles. The summed E-state index contributed by atoms with van der Waals surface area (Å²) in [5.41, 5.74) is 6.96. The van der Waals surface area contributed by atoms with Crippen molar-refractivity contribution in [2.75, 3.05) is 5.73 Å². The zero-order valence-electron chi connectivity index (χ0n) is 4.96. The molecule has 0 saturated carbocycles. The Balaban J connectivity index is 3.17. The smallest absolute Gasteiger partial charge is 0.0317 e. The Hall–Kier alpha value is -0.485. The Bertz CT molecular complexity index is 224. The first kappa shape index (κ1) is 6.63. The van der Waals surface area contributed by atoms with Crippen molar-refractivity contribution in [3.05, 3.63) is 18.2 Å². The van der Waals surface area contributed by atoms with E-state index in [1.807, 2.05) is 6.07 Å². The maximum atomic E-state index is 5.51. The fourth-order valence-corrected chi connectivity index (χ4v) is 0.882. The zero-order valence-corrected chi connectivity index (χ0v) is 6.12. The van der Waals surface area contributed by atoms with Gasteiger partial charge in [0.05, 0.1) is 0 Å². The molecule has 0 saturated heterocycles. The van der Waals surface area contributed by atoms with Crippen LogP contribution in [0.4, 0.5) is 5.69 Å². The van der Waals surface area contributed by atoms with Gasteiger partial charge in [0.15, 0.2) is 0 Å². The van der Waals surface area contributed by atoms with E-state index in [2.05, 4.69) is 9.24 Å². The largest absolute Gasteiger partial charge is 0.580 e. The maximum absolute atomic E-state index is 5.51. The van der Waals surface area contributed by atoms with Gasteiger partial charge in [0, 0.05) is 5.69 Å². The molecule has 2 N–H and O–H groups in total. The molecule has 1 aromatic carbocycles. The van der Waals surface area contributed by atoms with Gasteiger partial charge in [-0.1, -0.05) is 5.30 Å². The molecule has 1 atom stereocenters. The number of anilines is 1. The van der Waals surface area contributed by atoms with Crippen LogP contribution in [0.25, 0.3) is 0 Å². The summed E-state index contributed by atoms with van der Waals surface area (Å²) in [7, 11) is 8.03. The Morgan fingerprint density at radius 2 is 2.11 bits per heavy atom. The Morgan fingerprint density at radius 3 is 2.56 bits per heavy atom. The van der Waals surface area contributed by atoms with Crippen molar-refractivity contribution in [1.29, 1.82) is 0 Å². The van der Waals surface area contributed by atoms with E-state index in [9.17, 15) is 0 Å². The predicted octanol–water partition coefficient (Wildman–Crippen LogP) is -0.437. The predicted molar refractivity (Wildman–Crippen MR) is 45.6 cm³/mol. The van der Waals surface area contributed by atoms with Crippen LogP contribution in [0, 0.1) is 0 Å². The number of benzene rings is 1. The van der Waals surface area contributed by atoms with Crippen molar-refractivity contribution >= 4 is 33.5 Å². The van der Waals surface area contributed by atoms with Gasteiger partial charge >= 0.3 is 0 Å². The minimum Gasteiger partial charge on any atom is -0.580 e. The molecule has 9 heavy (non-hydrogen) atoms. The van der Waals surface area contributed by atoms with Crippen molar-refractivity contribution < 1.29 is 0 Å². The van der Waals surface area contributed by atoms with Gasteiger partial charge in [-0.05, 0) is 12.1 Å². The summed E-state index contributed by atoms with van der Waals surface area (Å²) in [6.45, 7) is 0. The summed E-state index contributed by atoms with van der Waals surface area (Å²) < 4.78 is 0. The van der Waals surface area contributed by atoms with Crippen LogP contribution in [-0.2, 0) is 0 Å². The van der Waals surface area contributed by atoms with Crippen molar-refractivity contribution in [3.63, 3.8) is 0 Å². The number of nitrogen functional groups attached to an aromatic ring is 1. The van der Waals surface area contributed by atoms with Gasteiger partial charge in [0.2, 0.25) is 0 Å². The lowest BCUT2D eigenvalue weighted by Gasteiger charge is -2.10. The third kappa shape index (κ3) is 1.46. The molecule has 1 rings (SSSR count). The van der Waals surface area contributed by atoms with Gasteiger partial charge < -0.3 is 19.0 Å². The summed E-state index contributed by atoms with van der Waals surface area (Å²) in [5.74, 6) is 0. The van der Waals surface area contributed by atoms with E-state index in [4.69, 9.17) is 13.6 Å². The summed E-state index contributed by atoms with van der Waals surface area (Å²) in [5, 5.41) is 0.954. The van der Waals surface area contributed by atoms with Crippen LogP contribution in [0.2, 0.25) is 0 Å². The van der Waals surface area contributed by atoms with Gasteiger partial charge in [-0.15, -0.1) is 15.3 Å². The molecular weight excluding hydrogens is 128 g/mol. The number of nitrogens with two attached hydrogens (primary N) is 1. The second kappa shape index (κ2) is 2.41. The maximum Gasteiger partial charge on any atom is 0.0317 e. The highest BCUT2D eigenvalue weighted by Crippen LogP contribution is 1.96. The standard InChI is InChI=1S/C6H7BNP/c7-5-2-1-4(8)3-6(5)9/h1-3H,8-9H2/q-1. The lowest BCUT2D eigenvalue weighted by Crippen LogP contribution is -2.18. The minimum atomic E-state index is 0.745. The minimum absolute atomic E-state index is 0.745. The Morgan fingerprint density at radius 1 is 1.44 bits per heavy atom. The molecule has 0 spiro atoms. The van der Waals surface area contributed by atoms with Crippen molar-refractivity contribution in [3.8, 4) is 0 Å². The summed E-state index contributed by atoms with van der Waals surface area (Å²) >= 11 is 0. The van der Waals surface area contributed by atoms with Crippen LogP contribution in [0.1, 0.15) is 0 Å². The van der Waals surface area contributed by atoms with Crippen molar-refractivity contribution in [2.24, 2.45) is 0 Å². The SMILES string of the molecule is [B-]c1ccc(N)cc1P. The van der Waals surface area contributed by atoms with Crippen LogP contribution in [-0.4, -0.2) is 7.85 Å². The molecule has 0 heterocycles. The van der Waals surface area contributed by atoms with E-state index < -0.39 is 0 Å². The molecule has 3 heteroatoms. The molecule has 0 amide bonds. The van der Waals surface area contributed by atoms with Gasteiger partial charge in [-0.2, -0.15) is 0 Å². The van der Waals surface area contributed by atoms with Gasteiger partial charge in [-0.3, -0.25) is 0 Å². The fourth-order valence-electron chi connectivity index (χ4n) is 0.593. The van der Waals surface area contributed by atoms with Gasteiger partial charge in [0.1, 0.15) is 0 Å². The normalized spacial score (nSPS) is 9.56. The lowest BCUT2D eigenvalue weighted by molar-refractivity contribution is 1.77. The summed E-state index contributed by atoms with van der Waals surface area (Å²) in [6.07, 6.45) is 0. The van der Waals surface area contributed by atoms with Crippen LogP contribution in [0.5, 0.6) is 0 Å². The van der Waals surface area contributed by atoms with E-state index in [-0.39, 0.29) is 0 Å². The Kier molecular flexibility index (Phi) is 1.77. The molecule has 45 valence electrons. The monoisotopic (exact) mass is 135 g/mol. The molecule has 1 unspecified atom stereocenters. The first-order valence-corrected chi connectivity index (χ1v) is 3.18. The molecular formula is C6H7BNP-. The fraction of sp³-hybridized carbons (Fsp3) is 0. The second-order valence-electron chi connectivity index (χ2n) is 1.89. The van der Waals surface area contributed by atoms with Crippen LogP contribution >= 0.6 is 9.24 Å². The van der Waals surface area contributed by atoms with Crippen molar-refractivity contribution in [1.82, 2.24) is 0 Å². The molecule has 0 aliphatic rings. The molecule has 0 bridgehead atoms. The lowest BCUT2D eigenvalue weighted by atomic mass is 9.96. The molecule has 1 nitrogen and oxygen atoms in total. The molecule has 0 fully saturated rings. The Labute approximate surface area is 58.3 Å². The molecule has 0 aliphatic carbocycles. The van der Waals surface area contributed by atoms with E-state index in [0.29, 0.717) is 0 Å². The number of hydrogen-bond acceptors (Lipinski definition) is 1. The average Bonchev–Trinajstić information content (AvgIpc) is 1.80. The van der Waals surface area contributed by atoms with Crippen LogP contribution < -0.4 is 16.5 Å². The van der Waals surface area contributed by atoms with Gasteiger partial charge in [-0.25, -0.2) is 0 Å². The third-order valence-electron chi connectivity index (χ3n) is 1.11. The number of hydrogen-bond donors (Lipinski definition) is 1. The van der Waals surface area contributed by atoms with Crippen molar-refractivity contribution in [2.45, 2.75) is 0 Å². The first-order chi connectivity index (χ1) is 4.20. The van der Waals surface area contributed by atoms with E-state index in [1.165, 1.54) is 0 Å². The second-order valence-corrected chi connectivity index (χ2v) is 2.51. The topological polar surface area (TPSA) is 26.0 Å². The summed E-state index contributed by atoms with van der Waals surface area (Å²) in [4.78, 5) is 0. The highest BCUT2D eigenvalue weighted by Gasteiger charge is 1.81. The zero-order chi connectivity index (χ0) is 6.85. The molecule has 1 aromatic rings.